The van der Waals surface area contributed by atoms with Crippen molar-refractivity contribution in [3.05, 3.63) is 21.8 Å². The standard InChI is InChI=1S/C9H8INOS/c1-12-9-7(11)5-3-2-4-6(10)8(5)13-9/h2-4H,11H2,1H3. The van der Waals surface area contributed by atoms with Gasteiger partial charge in [0.15, 0.2) is 5.06 Å². The third-order valence-electron chi connectivity index (χ3n) is 1.86. The van der Waals surface area contributed by atoms with E-state index in [1.807, 2.05) is 12.1 Å². The molecule has 0 saturated carbocycles. The highest BCUT2D eigenvalue weighted by atomic mass is 127. The van der Waals surface area contributed by atoms with Crippen LogP contribution in [0.3, 0.4) is 0 Å². The summed E-state index contributed by atoms with van der Waals surface area (Å²) in [6.07, 6.45) is 0. The van der Waals surface area contributed by atoms with Crippen LogP contribution < -0.4 is 10.5 Å². The summed E-state index contributed by atoms with van der Waals surface area (Å²) >= 11 is 3.90. The van der Waals surface area contributed by atoms with Crippen molar-refractivity contribution in [2.24, 2.45) is 0 Å². The number of rotatable bonds is 1. The summed E-state index contributed by atoms with van der Waals surface area (Å²) in [6, 6.07) is 6.09. The second kappa shape index (κ2) is 3.34. The highest BCUT2D eigenvalue weighted by molar-refractivity contribution is 14.1. The predicted molar refractivity (Wildman–Crippen MR) is 65.5 cm³/mol. The molecule has 68 valence electrons. The fraction of sp³-hybridized carbons (Fsp3) is 0.111. The minimum absolute atomic E-state index is 0.751. The van der Waals surface area contributed by atoms with Gasteiger partial charge in [-0.25, -0.2) is 0 Å². The first-order chi connectivity index (χ1) is 6.24. The van der Waals surface area contributed by atoms with Crippen LogP contribution >= 0.6 is 33.9 Å². The Balaban J connectivity index is 2.83. The maximum Gasteiger partial charge on any atom is 0.198 e. The second-order valence-electron chi connectivity index (χ2n) is 2.62. The van der Waals surface area contributed by atoms with Crippen molar-refractivity contribution in [3.8, 4) is 5.06 Å². The van der Waals surface area contributed by atoms with E-state index in [4.69, 9.17) is 10.5 Å². The zero-order valence-corrected chi connectivity index (χ0v) is 9.98. The van der Waals surface area contributed by atoms with Gasteiger partial charge in [-0.3, -0.25) is 0 Å². The van der Waals surface area contributed by atoms with Gasteiger partial charge in [0.25, 0.3) is 0 Å². The van der Waals surface area contributed by atoms with Crippen molar-refractivity contribution in [1.29, 1.82) is 0 Å². The van der Waals surface area contributed by atoms with Gasteiger partial charge in [0, 0.05) is 8.96 Å². The van der Waals surface area contributed by atoms with Crippen LogP contribution in [0.4, 0.5) is 5.69 Å². The van der Waals surface area contributed by atoms with E-state index < -0.39 is 0 Å². The van der Waals surface area contributed by atoms with Gasteiger partial charge in [0.2, 0.25) is 0 Å². The van der Waals surface area contributed by atoms with Crippen LogP contribution in [-0.2, 0) is 0 Å². The van der Waals surface area contributed by atoms with Crippen molar-refractivity contribution in [3.63, 3.8) is 0 Å². The molecule has 0 saturated heterocycles. The molecule has 1 aromatic carbocycles. The summed E-state index contributed by atoms with van der Waals surface area (Å²) in [5.41, 5.74) is 6.65. The first kappa shape index (κ1) is 9.08. The Labute approximate surface area is 93.8 Å². The molecule has 0 amide bonds. The molecule has 2 aromatic rings. The van der Waals surface area contributed by atoms with E-state index in [1.54, 1.807) is 18.4 Å². The summed E-state index contributed by atoms with van der Waals surface area (Å²) in [4.78, 5) is 0. The molecular formula is C9H8INOS. The summed E-state index contributed by atoms with van der Waals surface area (Å²) in [6.45, 7) is 0. The summed E-state index contributed by atoms with van der Waals surface area (Å²) in [7, 11) is 1.65. The molecule has 0 aliphatic carbocycles. The number of fused-ring (bicyclic) bond motifs is 1. The average molecular weight is 305 g/mol. The van der Waals surface area contributed by atoms with Crippen LogP contribution in [0.25, 0.3) is 10.1 Å². The van der Waals surface area contributed by atoms with Crippen molar-refractivity contribution in [2.75, 3.05) is 12.8 Å². The first-order valence-corrected chi connectivity index (χ1v) is 5.64. The third kappa shape index (κ3) is 1.38. The van der Waals surface area contributed by atoms with Crippen LogP contribution in [0.15, 0.2) is 18.2 Å². The Morgan fingerprint density at radius 3 is 2.85 bits per heavy atom. The number of hydrogen-bond donors (Lipinski definition) is 1. The molecule has 0 fully saturated rings. The van der Waals surface area contributed by atoms with Gasteiger partial charge < -0.3 is 10.5 Å². The van der Waals surface area contributed by atoms with E-state index in [1.165, 1.54) is 8.27 Å². The van der Waals surface area contributed by atoms with E-state index in [0.29, 0.717) is 0 Å². The quantitative estimate of drug-likeness (QED) is 0.822. The SMILES string of the molecule is COc1sc2c(I)cccc2c1N. The van der Waals surface area contributed by atoms with E-state index in [0.717, 1.165) is 16.1 Å². The third-order valence-corrected chi connectivity index (χ3v) is 4.34. The maximum absolute atomic E-state index is 5.90. The van der Waals surface area contributed by atoms with Gasteiger partial charge in [0.1, 0.15) is 0 Å². The van der Waals surface area contributed by atoms with Crippen molar-refractivity contribution < 1.29 is 4.74 Å². The Hall–Kier alpha value is -0.490. The highest BCUT2D eigenvalue weighted by Crippen LogP contribution is 2.41. The number of hydrogen-bond acceptors (Lipinski definition) is 3. The predicted octanol–water partition coefficient (Wildman–Crippen LogP) is 3.10. The number of benzene rings is 1. The van der Waals surface area contributed by atoms with Crippen LogP contribution in [0, 0.1) is 3.57 Å². The van der Waals surface area contributed by atoms with Gasteiger partial charge >= 0.3 is 0 Å². The molecule has 0 bridgehead atoms. The largest absolute Gasteiger partial charge is 0.486 e. The lowest BCUT2D eigenvalue weighted by molar-refractivity contribution is 0.429. The lowest BCUT2D eigenvalue weighted by atomic mass is 10.2. The maximum atomic E-state index is 5.90. The lowest BCUT2D eigenvalue weighted by Gasteiger charge is -1.94. The normalized spacial score (nSPS) is 10.6. The molecule has 0 atom stereocenters. The van der Waals surface area contributed by atoms with E-state index in [-0.39, 0.29) is 0 Å². The van der Waals surface area contributed by atoms with Crippen LogP contribution in [0.5, 0.6) is 5.06 Å². The fourth-order valence-corrected chi connectivity index (χ4v) is 3.00. The number of nitrogens with two attached hydrogens (primary N) is 1. The number of nitrogen functional groups attached to an aromatic ring is 1. The Kier molecular flexibility index (Phi) is 2.33. The highest BCUT2D eigenvalue weighted by Gasteiger charge is 2.10. The monoisotopic (exact) mass is 305 g/mol. The lowest BCUT2D eigenvalue weighted by Crippen LogP contribution is -1.86. The summed E-state index contributed by atoms with van der Waals surface area (Å²) < 4.78 is 7.60. The molecule has 2 nitrogen and oxygen atoms in total. The first-order valence-electron chi connectivity index (χ1n) is 3.74. The van der Waals surface area contributed by atoms with Gasteiger partial charge in [-0.2, -0.15) is 0 Å². The molecule has 0 aliphatic rings. The number of anilines is 1. The Morgan fingerprint density at radius 2 is 2.23 bits per heavy atom. The molecular weight excluding hydrogens is 297 g/mol. The fourth-order valence-electron chi connectivity index (χ4n) is 1.23. The van der Waals surface area contributed by atoms with E-state index >= 15 is 0 Å². The molecule has 0 spiro atoms. The molecule has 0 aliphatic heterocycles. The molecule has 0 radical (unpaired) electrons. The average Bonchev–Trinajstić information content (AvgIpc) is 2.45. The van der Waals surface area contributed by atoms with Gasteiger partial charge in [-0.05, 0) is 28.7 Å². The second-order valence-corrected chi connectivity index (χ2v) is 4.77. The summed E-state index contributed by atoms with van der Waals surface area (Å²) in [5, 5.41) is 1.90. The van der Waals surface area contributed by atoms with Crippen LogP contribution in [-0.4, -0.2) is 7.11 Å². The molecule has 2 N–H and O–H groups in total. The van der Waals surface area contributed by atoms with Crippen LogP contribution in [0.1, 0.15) is 0 Å². The smallest absolute Gasteiger partial charge is 0.198 e. The zero-order valence-electron chi connectivity index (χ0n) is 7.00. The van der Waals surface area contributed by atoms with Crippen molar-refractivity contribution in [2.45, 2.75) is 0 Å². The molecule has 1 heterocycles. The number of halogens is 1. The number of thiophene rings is 1. The number of ether oxygens (including phenoxy) is 1. The molecule has 13 heavy (non-hydrogen) atoms. The Bertz CT molecular complexity index is 452. The van der Waals surface area contributed by atoms with Gasteiger partial charge in [-0.1, -0.05) is 23.5 Å². The topological polar surface area (TPSA) is 35.2 Å². The van der Waals surface area contributed by atoms with Crippen LogP contribution in [0.2, 0.25) is 0 Å². The zero-order chi connectivity index (χ0) is 9.42. The minimum Gasteiger partial charge on any atom is -0.486 e. The van der Waals surface area contributed by atoms with E-state index in [9.17, 15) is 0 Å². The minimum atomic E-state index is 0.751. The molecule has 0 unspecified atom stereocenters. The summed E-state index contributed by atoms with van der Waals surface area (Å²) in [5.74, 6) is 0. The van der Waals surface area contributed by atoms with Gasteiger partial charge in [0.05, 0.1) is 17.5 Å². The van der Waals surface area contributed by atoms with E-state index in [2.05, 4.69) is 28.7 Å². The van der Waals surface area contributed by atoms with Crippen molar-refractivity contribution in [1.82, 2.24) is 0 Å². The van der Waals surface area contributed by atoms with Gasteiger partial charge in [-0.15, -0.1) is 0 Å². The number of methoxy groups -OCH3 is 1. The molecule has 1 aromatic heterocycles. The Morgan fingerprint density at radius 1 is 1.46 bits per heavy atom. The molecule has 2 rings (SSSR count). The molecule has 4 heteroatoms. The van der Waals surface area contributed by atoms with Crippen molar-refractivity contribution >= 4 is 49.7 Å².